The van der Waals surface area contributed by atoms with Crippen molar-refractivity contribution in [2.45, 2.75) is 4.90 Å². The van der Waals surface area contributed by atoms with E-state index >= 15 is 0 Å². The van der Waals surface area contributed by atoms with E-state index < -0.39 is 24.4 Å². The molecule has 1 aromatic carbocycles. The summed E-state index contributed by atoms with van der Waals surface area (Å²) in [5.41, 5.74) is 4.23. The largest absolute Gasteiger partial charge is 0.459 e. The molecule has 0 saturated carbocycles. The van der Waals surface area contributed by atoms with Crippen LogP contribution in [0.15, 0.2) is 69.5 Å². The number of hydrazine groups is 1. The Bertz CT molecular complexity index is 713. The van der Waals surface area contributed by atoms with Crippen molar-refractivity contribution in [1.29, 1.82) is 0 Å². The molecule has 1 aromatic heterocycles. The maximum absolute atomic E-state index is 11.5. The van der Waals surface area contributed by atoms with E-state index in [1.54, 1.807) is 5.41 Å². The van der Waals surface area contributed by atoms with Crippen molar-refractivity contribution in [2.75, 3.05) is 6.61 Å². The van der Waals surface area contributed by atoms with Crippen LogP contribution in [0.1, 0.15) is 10.6 Å². The first-order valence-electron chi connectivity index (χ1n) is 6.83. The number of amides is 2. The third-order valence-electron chi connectivity index (χ3n) is 2.56. The molecule has 2 amide bonds. The van der Waals surface area contributed by atoms with Crippen LogP contribution in [-0.2, 0) is 14.3 Å². The van der Waals surface area contributed by atoms with Gasteiger partial charge in [0.1, 0.15) is 0 Å². The van der Waals surface area contributed by atoms with Crippen molar-refractivity contribution in [3.8, 4) is 0 Å². The lowest BCUT2D eigenvalue weighted by molar-refractivity contribution is -0.144. The molecule has 7 nitrogen and oxygen atoms in total. The molecule has 8 heteroatoms. The van der Waals surface area contributed by atoms with E-state index in [4.69, 9.17) is 9.15 Å². The molecule has 124 valence electrons. The molecule has 0 aliphatic carbocycles. The molecule has 0 spiro atoms. The van der Waals surface area contributed by atoms with Gasteiger partial charge in [0.2, 0.25) is 0 Å². The lowest BCUT2D eigenvalue weighted by Crippen LogP contribution is -2.43. The fraction of sp³-hybridized carbons (Fsp3) is 0.0625. The summed E-state index contributed by atoms with van der Waals surface area (Å²) in [5, 5.41) is 1.56. The number of nitrogens with one attached hydrogen (secondary N) is 2. The second-order valence-electron chi connectivity index (χ2n) is 4.32. The van der Waals surface area contributed by atoms with Gasteiger partial charge in [-0.05, 0) is 29.7 Å². The molecule has 0 bridgehead atoms. The highest BCUT2D eigenvalue weighted by Crippen LogP contribution is 2.17. The Kier molecular flexibility index (Phi) is 6.66. The highest BCUT2D eigenvalue weighted by atomic mass is 32.2. The number of ether oxygens (including phenoxy) is 1. The van der Waals surface area contributed by atoms with Gasteiger partial charge in [-0.15, -0.1) is 0 Å². The van der Waals surface area contributed by atoms with Crippen LogP contribution in [0.4, 0.5) is 0 Å². The van der Waals surface area contributed by atoms with Gasteiger partial charge >= 0.3 is 11.9 Å². The van der Waals surface area contributed by atoms with Crippen LogP contribution >= 0.6 is 11.8 Å². The molecule has 0 saturated heterocycles. The summed E-state index contributed by atoms with van der Waals surface area (Å²) in [4.78, 5) is 35.4. The minimum atomic E-state index is -0.674. The van der Waals surface area contributed by atoms with Crippen molar-refractivity contribution in [3.63, 3.8) is 0 Å². The van der Waals surface area contributed by atoms with E-state index in [1.807, 2.05) is 30.3 Å². The zero-order valence-electron chi connectivity index (χ0n) is 12.4. The maximum Gasteiger partial charge on any atom is 0.331 e. The Morgan fingerprint density at radius 3 is 2.58 bits per heavy atom. The van der Waals surface area contributed by atoms with Crippen molar-refractivity contribution in [2.24, 2.45) is 0 Å². The zero-order chi connectivity index (χ0) is 17.2. The first-order chi connectivity index (χ1) is 11.6. The smallest absolute Gasteiger partial charge is 0.331 e. The van der Waals surface area contributed by atoms with Gasteiger partial charge in [-0.1, -0.05) is 30.0 Å². The van der Waals surface area contributed by atoms with Crippen molar-refractivity contribution < 1.29 is 23.5 Å². The molecule has 0 radical (unpaired) electrons. The van der Waals surface area contributed by atoms with Crippen molar-refractivity contribution in [3.05, 3.63) is 66.0 Å². The first-order valence-corrected chi connectivity index (χ1v) is 7.71. The Labute approximate surface area is 142 Å². The molecular formula is C16H14N2O5S. The second kappa shape index (κ2) is 9.21. The average molecular weight is 346 g/mol. The summed E-state index contributed by atoms with van der Waals surface area (Å²) in [5.74, 6) is -1.90. The van der Waals surface area contributed by atoms with Gasteiger partial charge in [-0.3, -0.25) is 20.4 Å². The normalized spacial score (nSPS) is 10.3. The highest BCUT2D eigenvalue weighted by Gasteiger charge is 2.10. The van der Waals surface area contributed by atoms with Gasteiger partial charge in [0, 0.05) is 11.0 Å². The molecule has 0 atom stereocenters. The Balaban J connectivity index is 1.64. The van der Waals surface area contributed by atoms with Gasteiger partial charge in [-0.25, -0.2) is 4.79 Å². The summed E-state index contributed by atoms with van der Waals surface area (Å²) in [6.45, 7) is -0.516. The standard InChI is InChI=1S/C16H14N2O5S/c19-14(17-18-16(21)13-7-4-9-22-13)11-23-15(20)8-10-24-12-5-2-1-3-6-12/h1-10H,11H2,(H,17,19)(H,18,21)/b10-8+. The minimum absolute atomic E-state index is 0.0492. The summed E-state index contributed by atoms with van der Waals surface area (Å²) in [6, 6.07) is 12.4. The van der Waals surface area contributed by atoms with Crippen molar-refractivity contribution >= 4 is 29.5 Å². The Hall–Kier alpha value is -3.00. The van der Waals surface area contributed by atoms with Crippen LogP contribution in [0.25, 0.3) is 0 Å². The maximum atomic E-state index is 11.5. The third-order valence-corrected chi connectivity index (χ3v) is 3.37. The van der Waals surface area contributed by atoms with Crippen LogP contribution < -0.4 is 10.9 Å². The summed E-state index contributed by atoms with van der Waals surface area (Å²) < 4.78 is 9.59. The fourth-order valence-corrected chi connectivity index (χ4v) is 2.13. The second-order valence-corrected chi connectivity index (χ2v) is 5.30. The van der Waals surface area contributed by atoms with E-state index in [0.717, 1.165) is 4.90 Å². The molecule has 0 aliphatic rings. The highest BCUT2D eigenvalue weighted by molar-refractivity contribution is 8.02. The topological polar surface area (TPSA) is 97.6 Å². The van der Waals surface area contributed by atoms with Gasteiger partial charge in [0.05, 0.1) is 6.26 Å². The molecule has 2 N–H and O–H groups in total. The average Bonchev–Trinajstić information content (AvgIpc) is 3.13. The van der Waals surface area contributed by atoms with Gasteiger partial charge in [-0.2, -0.15) is 0 Å². The van der Waals surface area contributed by atoms with Crippen LogP contribution in [0.3, 0.4) is 0 Å². The summed E-state index contributed by atoms with van der Waals surface area (Å²) in [7, 11) is 0. The van der Waals surface area contributed by atoms with Crippen LogP contribution in [0, 0.1) is 0 Å². The fourth-order valence-electron chi connectivity index (χ4n) is 1.48. The van der Waals surface area contributed by atoms with E-state index in [-0.39, 0.29) is 5.76 Å². The predicted octanol–water partition coefficient (Wildman–Crippen LogP) is 1.89. The molecule has 24 heavy (non-hydrogen) atoms. The molecule has 0 aliphatic heterocycles. The predicted molar refractivity (Wildman–Crippen MR) is 86.7 cm³/mol. The number of rotatable bonds is 6. The van der Waals surface area contributed by atoms with Gasteiger partial charge in [0.15, 0.2) is 12.4 Å². The number of furan rings is 1. The molecule has 0 fully saturated rings. The molecule has 1 heterocycles. The SMILES string of the molecule is O=C(COC(=O)/C=C/Sc1ccccc1)NNC(=O)c1ccco1. The number of carbonyl (C=O) groups excluding carboxylic acids is 3. The van der Waals surface area contributed by atoms with E-state index in [9.17, 15) is 14.4 Å². The molecule has 0 unspecified atom stereocenters. The molecule has 2 aromatic rings. The number of esters is 1. The molecule has 2 rings (SSSR count). The number of hydrogen-bond acceptors (Lipinski definition) is 6. The number of hydrogen-bond donors (Lipinski definition) is 2. The quantitative estimate of drug-likeness (QED) is 0.359. The monoisotopic (exact) mass is 346 g/mol. The summed E-state index contributed by atoms with van der Waals surface area (Å²) >= 11 is 1.35. The molecular weight excluding hydrogens is 332 g/mol. The summed E-state index contributed by atoms with van der Waals surface area (Å²) in [6.07, 6.45) is 2.55. The van der Waals surface area contributed by atoms with Gasteiger partial charge < -0.3 is 9.15 Å². The minimum Gasteiger partial charge on any atom is -0.459 e. The van der Waals surface area contributed by atoms with Crippen LogP contribution in [0.2, 0.25) is 0 Å². The lowest BCUT2D eigenvalue weighted by atomic mass is 10.4. The Morgan fingerprint density at radius 1 is 1.08 bits per heavy atom. The Morgan fingerprint density at radius 2 is 1.88 bits per heavy atom. The first kappa shape index (κ1) is 17.4. The number of thioether (sulfide) groups is 1. The van der Waals surface area contributed by atoms with E-state index in [2.05, 4.69) is 10.9 Å². The number of benzene rings is 1. The van der Waals surface area contributed by atoms with Crippen LogP contribution in [-0.4, -0.2) is 24.4 Å². The zero-order valence-corrected chi connectivity index (χ0v) is 13.2. The van der Waals surface area contributed by atoms with E-state index in [0.29, 0.717) is 0 Å². The van der Waals surface area contributed by atoms with E-state index in [1.165, 1.54) is 36.2 Å². The van der Waals surface area contributed by atoms with Gasteiger partial charge in [0.25, 0.3) is 5.91 Å². The lowest BCUT2D eigenvalue weighted by Gasteiger charge is -2.05. The van der Waals surface area contributed by atoms with Crippen molar-refractivity contribution in [1.82, 2.24) is 10.9 Å². The number of carbonyl (C=O) groups is 3. The third kappa shape index (κ3) is 6.01. The van der Waals surface area contributed by atoms with Crippen LogP contribution in [0.5, 0.6) is 0 Å².